The highest BCUT2D eigenvalue weighted by molar-refractivity contribution is 6.13. The van der Waals surface area contributed by atoms with Crippen LogP contribution in [0.3, 0.4) is 0 Å². The van der Waals surface area contributed by atoms with E-state index < -0.39 is 67.3 Å². The second-order valence-corrected chi connectivity index (χ2v) is 43.5. The van der Waals surface area contributed by atoms with Gasteiger partial charge in [0, 0.05) is 141 Å². The molecule has 1 aromatic carbocycles. The van der Waals surface area contributed by atoms with E-state index in [1.54, 1.807) is 12.1 Å². The van der Waals surface area contributed by atoms with Gasteiger partial charge in [0.2, 0.25) is 35.4 Å². The smallest absolute Gasteiger partial charge is 0.253 e. The van der Waals surface area contributed by atoms with Crippen LogP contribution in [0.25, 0.3) is 0 Å². The maximum absolute atomic E-state index is 14.2. The molecular weight excluding hydrogens is 1580 g/mol. The van der Waals surface area contributed by atoms with Crippen molar-refractivity contribution in [1.29, 1.82) is 0 Å². The summed E-state index contributed by atoms with van der Waals surface area (Å²) in [4.78, 5) is 132. The summed E-state index contributed by atoms with van der Waals surface area (Å²) in [7, 11) is 0. The molecule has 1 aliphatic rings. The maximum atomic E-state index is 14.2. The van der Waals surface area contributed by atoms with Gasteiger partial charge in [-0.3, -0.25) is 52.8 Å². The number of carbonyl (C=O) groups excluding carboxylic acids is 10. The topological polar surface area (TPSA) is 326 Å². The van der Waals surface area contributed by atoms with E-state index in [-0.39, 0.29) is 168 Å². The van der Waals surface area contributed by atoms with Crippen LogP contribution in [0.5, 0.6) is 5.75 Å². The van der Waals surface area contributed by atoms with Crippen molar-refractivity contribution < 1.29 is 76.4 Å². The van der Waals surface area contributed by atoms with Crippen LogP contribution in [-0.2, 0) is 62.0 Å². The Balaban J connectivity index is 2.00. The highest BCUT2D eigenvalue weighted by Gasteiger charge is 2.34. The van der Waals surface area contributed by atoms with Crippen molar-refractivity contribution in [3.05, 3.63) is 41.5 Å². The number of imide groups is 1. The third-order valence-electron chi connectivity index (χ3n) is 22.4. The largest absolute Gasteiger partial charge is 0.492 e. The number of nitrogens with zero attached hydrogens (tertiary/aromatic N) is 1. The van der Waals surface area contributed by atoms with E-state index in [2.05, 4.69) is 84.1 Å². The summed E-state index contributed by atoms with van der Waals surface area (Å²) in [5, 5.41) is 24.2. The van der Waals surface area contributed by atoms with Gasteiger partial charge in [-0.1, -0.05) is 279 Å². The molecule has 1 aromatic rings. The van der Waals surface area contributed by atoms with E-state index in [1.165, 1.54) is 159 Å². The summed E-state index contributed by atoms with van der Waals surface area (Å²) in [6.45, 7) is 48.6. The number of nitrogens with one attached hydrogen (secondary N) is 8. The minimum Gasteiger partial charge on any atom is -0.492 e. The summed E-state index contributed by atoms with van der Waals surface area (Å²) in [5.74, 6) is -2.27. The Hall–Kier alpha value is -6.54. The monoisotopic (exact) mass is 1760 g/mol. The molecule has 720 valence electrons. The van der Waals surface area contributed by atoms with Gasteiger partial charge in [-0.15, -0.1) is 0 Å². The summed E-state index contributed by atoms with van der Waals surface area (Å²) in [6, 6.07) is 4.61. The minimum atomic E-state index is -0.668. The van der Waals surface area contributed by atoms with Gasteiger partial charge in [0.25, 0.3) is 23.6 Å². The zero-order valence-electron chi connectivity index (χ0n) is 82.7. The van der Waals surface area contributed by atoms with Gasteiger partial charge in [-0.2, -0.15) is 0 Å². The molecule has 125 heavy (non-hydrogen) atoms. The summed E-state index contributed by atoms with van der Waals surface area (Å²) < 4.78 is 37.5. The average molecular weight is 1760 g/mol. The Morgan fingerprint density at radius 2 is 0.560 bits per heavy atom. The third kappa shape index (κ3) is 58.6. The molecule has 25 nitrogen and oxygen atoms in total. The second-order valence-electron chi connectivity index (χ2n) is 43.5. The lowest BCUT2D eigenvalue weighted by Gasteiger charge is -2.33. The molecule has 0 saturated carbocycles. The van der Waals surface area contributed by atoms with Gasteiger partial charge < -0.3 is 71.0 Å². The number of hydrogen-bond acceptors (Lipinski definition) is 16. The first-order valence-corrected chi connectivity index (χ1v) is 47.9. The molecule has 1 heterocycles. The van der Waals surface area contributed by atoms with E-state index in [1.807, 2.05) is 111 Å². The Labute approximate surface area is 756 Å². The molecule has 8 N–H and O–H groups in total. The molecular formula is C100H179N9O16. The molecule has 2 rings (SSSR count). The third-order valence-corrected chi connectivity index (χ3v) is 22.4. The number of unbranched alkanes of at least 4 members (excludes halogenated alkanes) is 24. The minimum absolute atomic E-state index is 0.00197. The molecule has 0 bridgehead atoms. The average Bonchev–Trinajstić information content (AvgIpc) is 1.30. The standard InChI is InChI=1S/C100H179N9O16/c1-23-25-27-29-31-33-35-37-39-41-43-45-47-49-81(110)102-64-97(15,16)76-124-99(19,20)68-105-85(114)61-92(5,6)71-121-74-95(11,12)66-107-89(118)78-57-79(59-80(58-78)123-56-54-101-84(113)60-91(3,4)70-120-73-94(9,10)63-104-83(112)53-55-109-87(116)51-52-88(109)117)90(119)108-67-96(13,14)75-122-72-93(7,8)62-86(115)106-69-100(21,22)125-77-98(17,18)65-103-82(111)50-48-46-44-42-40-38-36-34-32-30-28-26-24-2/h51-52,57-59H,23-50,53-56,60-77H2,1-22H3,(H,101,113)(H,102,110)(H,103,111)(H,104,112)(H,105,114)(H,106,115)(H,107,118)(H,108,119). The Morgan fingerprint density at radius 1 is 0.296 bits per heavy atom. The van der Waals surface area contributed by atoms with Crippen molar-refractivity contribution in [2.45, 2.75) is 369 Å². The van der Waals surface area contributed by atoms with Gasteiger partial charge in [0.05, 0.1) is 70.6 Å². The number of amides is 10. The van der Waals surface area contributed by atoms with Crippen LogP contribution in [0.15, 0.2) is 30.4 Å². The van der Waals surface area contributed by atoms with Crippen LogP contribution in [0.4, 0.5) is 0 Å². The van der Waals surface area contributed by atoms with Crippen molar-refractivity contribution in [2.75, 3.05) is 118 Å². The van der Waals surface area contributed by atoms with E-state index in [0.29, 0.717) is 52.2 Å². The normalized spacial score (nSPS) is 13.3. The lowest BCUT2D eigenvalue weighted by molar-refractivity contribution is -0.137. The maximum Gasteiger partial charge on any atom is 0.253 e. The predicted molar refractivity (Wildman–Crippen MR) is 502 cm³/mol. The van der Waals surface area contributed by atoms with Crippen LogP contribution < -0.4 is 47.3 Å². The molecule has 0 fully saturated rings. The van der Waals surface area contributed by atoms with Crippen molar-refractivity contribution >= 4 is 59.1 Å². The molecule has 0 saturated heterocycles. The number of benzene rings is 1. The van der Waals surface area contributed by atoms with Gasteiger partial charge in [0.1, 0.15) is 12.4 Å². The fourth-order valence-electron chi connectivity index (χ4n) is 14.1. The first kappa shape index (κ1) is 115. The number of hydrogen-bond donors (Lipinski definition) is 8. The molecule has 0 aromatic heterocycles. The number of ether oxygens (including phenoxy) is 6. The van der Waals surface area contributed by atoms with Gasteiger partial charge in [-0.25, -0.2) is 0 Å². The van der Waals surface area contributed by atoms with Crippen LogP contribution in [0.1, 0.15) is 379 Å². The Bertz CT molecular complexity index is 3200. The quantitative estimate of drug-likeness (QED) is 0.0222. The van der Waals surface area contributed by atoms with Crippen molar-refractivity contribution in [3.63, 3.8) is 0 Å². The van der Waals surface area contributed by atoms with Crippen LogP contribution >= 0.6 is 0 Å². The SMILES string of the molecule is CCCCCCCCCCCCCCCC(=O)NCC(C)(C)COC(C)(C)CNC(=O)CC(C)(C)COCC(C)(C)CNC(=O)c1cc(OCCNC(=O)CC(C)(C)COCC(C)(C)CNC(=O)CCN2C(=O)C=CC2=O)cc(C(=O)NCC(C)(C)COCC(C)(C)CC(=O)NCC(C)(C)OCC(C)(C)CNC(=O)CCCCCCCCCCCCCCC)c1. The molecule has 25 heteroatoms. The molecule has 0 atom stereocenters. The highest BCUT2D eigenvalue weighted by atomic mass is 16.5. The second kappa shape index (κ2) is 58.9. The molecule has 1 aliphatic heterocycles. The van der Waals surface area contributed by atoms with E-state index in [9.17, 15) is 47.9 Å². The van der Waals surface area contributed by atoms with Gasteiger partial charge >= 0.3 is 0 Å². The first-order valence-electron chi connectivity index (χ1n) is 47.9. The van der Waals surface area contributed by atoms with Crippen molar-refractivity contribution in [1.82, 2.24) is 47.4 Å². The van der Waals surface area contributed by atoms with Crippen LogP contribution in [0.2, 0.25) is 0 Å². The molecule has 0 radical (unpaired) electrons. The van der Waals surface area contributed by atoms with Crippen LogP contribution in [-0.4, -0.2) is 194 Å². The highest BCUT2D eigenvalue weighted by Crippen LogP contribution is 2.30. The lowest BCUT2D eigenvalue weighted by atomic mass is 9.89. The predicted octanol–water partition coefficient (Wildman–Crippen LogP) is 17.5. The van der Waals surface area contributed by atoms with E-state index in [0.717, 1.165) is 30.6 Å². The molecule has 0 aliphatic carbocycles. The summed E-state index contributed by atoms with van der Waals surface area (Å²) >= 11 is 0. The van der Waals surface area contributed by atoms with E-state index in [4.69, 9.17) is 28.4 Å². The first-order chi connectivity index (χ1) is 58.4. The van der Waals surface area contributed by atoms with Gasteiger partial charge in [0.15, 0.2) is 0 Å². The van der Waals surface area contributed by atoms with Crippen molar-refractivity contribution in [2.24, 2.45) is 43.3 Å². The van der Waals surface area contributed by atoms with Crippen LogP contribution in [0, 0.1) is 43.3 Å². The Kier molecular flexibility index (Phi) is 54.0. The fourth-order valence-corrected chi connectivity index (χ4v) is 14.1. The molecule has 10 amide bonds. The number of rotatable bonds is 75. The lowest BCUT2D eigenvalue weighted by Crippen LogP contribution is -2.45. The Morgan fingerprint density at radius 3 is 0.880 bits per heavy atom. The number of carbonyl (C=O) groups is 10. The summed E-state index contributed by atoms with van der Waals surface area (Å²) in [5.41, 5.74) is -4.93. The molecule has 0 unspecified atom stereocenters. The van der Waals surface area contributed by atoms with Gasteiger partial charge in [-0.05, 0) is 75.0 Å². The zero-order chi connectivity index (χ0) is 93.9. The van der Waals surface area contributed by atoms with E-state index >= 15 is 0 Å². The molecule has 0 spiro atoms. The van der Waals surface area contributed by atoms with Crippen molar-refractivity contribution in [3.8, 4) is 5.75 Å². The fraction of sp³-hybridized carbons (Fsp3) is 0.820. The summed E-state index contributed by atoms with van der Waals surface area (Å²) in [6.07, 6.45) is 36.7. The zero-order valence-corrected chi connectivity index (χ0v) is 82.7.